The highest BCUT2D eigenvalue weighted by Crippen LogP contribution is 2.33. The number of piperazine rings is 1. The SMILES string of the molecule is Cc1nc2c(N3C[C@@H](C)N(Cc4ccc(C(F)(F)F)c(F)c4)C[C@@H]3C)nc3nncn3c2n1C[C@@H]1CCCO1. The van der Waals surface area contributed by atoms with E-state index >= 15 is 0 Å². The molecule has 0 aliphatic carbocycles. The first-order valence-corrected chi connectivity index (χ1v) is 13.1. The van der Waals surface area contributed by atoms with E-state index in [2.05, 4.69) is 31.5 Å². The van der Waals surface area contributed by atoms with E-state index in [1.807, 2.05) is 18.2 Å². The summed E-state index contributed by atoms with van der Waals surface area (Å²) >= 11 is 0. The van der Waals surface area contributed by atoms with Gasteiger partial charge in [0.1, 0.15) is 23.5 Å². The standard InChI is InChI=1S/C26H30F4N8O/c1-15-11-36(16(2)10-35(15)12-18-6-7-20(21(27)9-18)26(28,29)30)23-22-24(38-14-31-34-25(38)33-23)37(17(3)32-22)13-19-5-4-8-39-19/h6-7,9,14-16,19H,4-5,8,10-13H2,1-3H3/t15-,16+,19+/m1/s1. The first-order chi connectivity index (χ1) is 18.6. The fraction of sp³-hybridized carbons (Fsp3) is 0.538. The summed E-state index contributed by atoms with van der Waals surface area (Å²) in [5, 5.41) is 8.32. The van der Waals surface area contributed by atoms with E-state index < -0.39 is 17.6 Å². The molecule has 13 heteroatoms. The van der Waals surface area contributed by atoms with Crippen molar-refractivity contribution in [3.63, 3.8) is 0 Å². The molecule has 1 aromatic carbocycles. The molecule has 6 rings (SSSR count). The Hall–Kier alpha value is -3.32. The van der Waals surface area contributed by atoms with Gasteiger partial charge in [-0.1, -0.05) is 6.07 Å². The third-order valence-corrected chi connectivity index (χ3v) is 7.83. The van der Waals surface area contributed by atoms with E-state index in [1.165, 1.54) is 6.07 Å². The van der Waals surface area contributed by atoms with Gasteiger partial charge in [-0.25, -0.2) is 13.8 Å². The van der Waals surface area contributed by atoms with Gasteiger partial charge in [-0.3, -0.25) is 4.90 Å². The van der Waals surface area contributed by atoms with Crippen molar-refractivity contribution < 1.29 is 22.3 Å². The molecule has 3 atom stereocenters. The monoisotopic (exact) mass is 546 g/mol. The molecule has 0 bridgehead atoms. The van der Waals surface area contributed by atoms with Gasteiger partial charge in [-0.15, -0.1) is 10.2 Å². The van der Waals surface area contributed by atoms with Gasteiger partial charge in [0.15, 0.2) is 11.5 Å². The van der Waals surface area contributed by atoms with Gasteiger partial charge in [0.25, 0.3) is 5.78 Å². The molecule has 9 nitrogen and oxygen atoms in total. The number of imidazole rings is 1. The predicted molar refractivity (Wildman–Crippen MR) is 136 cm³/mol. The number of halogens is 4. The van der Waals surface area contributed by atoms with E-state index in [-0.39, 0.29) is 18.2 Å². The van der Waals surface area contributed by atoms with Crippen molar-refractivity contribution in [1.82, 2.24) is 34.0 Å². The van der Waals surface area contributed by atoms with Crippen LogP contribution in [0, 0.1) is 12.7 Å². The smallest absolute Gasteiger partial charge is 0.376 e. The average molecular weight is 547 g/mol. The van der Waals surface area contributed by atoms with Crippen molar-refractivity contribution in [3.05, 3.63) is 47.3 Å². The molecular formula is C26H30F4N8O. The number of hydrogen-bond acceptors (Lipinski definition) is 7. The number of rotatable bonds is 5. The summed E-state index contributed by atoms with van der Waals surface area (Å²) in [6.07, 6.45) is -0.891. The Bertz CT molecular complexity index is 1510. The minimum Gasteiger partial charge on any atom is -0.376 e. The third-order valence-electron chi connectivity index (χ3n) is 7.83. The van der Waals surface area contributed by atoms with E-state index in [0.29, 0.717) is 37.5 Å². The molecule has 39 heavy (non-hydrogen) atoms. The average Bonchev–Trinajstić information content (AvgIpc) is 3.61. The maximum Gasteiger partial charge on any atom is 0.419 e. The molecule has 2 saturated heterocycles. The van der Waals surface area contributed by atoms with Gasteiger partial charge in [0.05, 0.1) is 18.2 Å². The van der Waals surface area contributed by atoms with Crippen molar-refractivity contribution in [1.29, 1.82) is 0 Å². The number of alkyl halides is 3. The molecule has 2 aliphatic heterocycles. The topological polar surface area (TPSA) is 76.6 Å². The molecule has 0 radical (unpaired) electrons. The van der Waals surface area contributed by atoms with Crippen LogP contribution in [-0.4, -0.2) is 71.9 Å². The molecule has 0 spiro atoms. The highest BCUT2D eigenvalue weighted by atomic mass is 19.4. The molecular weight excluding hydrogens is 516 g/mol. The number of ether oxygens (including phenoxy) is 1. The second kappa shape index (κ2) is 9.70. The molecule has 4 aromatic rings. The summed E-state index contributed by atoms with van der Waals surface area (Å²) in [6, 6.07) is 3.18. The Morgan fingerprint density at radius 2 is 1.92 bits per heavy atom. The highest BCUT2D eigenvalue weighted by molar-refractivity contribution is 5.87. The molecule has 3 aromatic heterocycles. The van der Waals surface area contributed by atoms with Crippen LogP contribution in [0.2, 0.25) is 0 Å². The number of fused-ring (bicyclic) bond motifs is 3. The molecule has 0 unspecified atom stereocenters. The van der Waals surface area contributed by atoms with Crippen molar-refractivity contribution in [2.24, 2.45) is 0 Å². The summed E-state index contributed by atoms with van der Waals surface area (Å²) in [5.74, 6) is 0.808. The maximum atomic E-state index is 14.2. The predicted octanol–water partition coefficient (Wildman–Crippen LogP) is 4.22. The Morgan fingerprint density at radius 1 is 1.10 bits per heavy atom. The minimum absolute atomic E-state index is 0.00480. The van der Waals surface area contributed by atoms with E-state index in [0.717, 1.165) is 54.4 Å². The number of aryl methyl sites for hydroxylation is 1. The molecule has 2 fully saturated rings. The van der Waals surface area contributed by atoms with Crippen molar-refractivity contribution >= 4 is 22.8 Å². The molecule has 0 N–H and O–H groups in total. The Balaban J connectivity index is 1.29. The summed E-state index contributed by atoms with van der Waals surface area (Å²) in [6.45, 7) is 9.11. The highest BCUT2D eigenvalue weighted by Gasteiger charge is 2.35. The molecule has 0 amide bonds. The van der Waals surface area contributed by atoms with E-state index in [4.69, 9.17) is 14.7 Å². The third kappa shape index (κ3) is 4.71. The van der Waals surface area contributed by atoms with Gasteiger partial charge in [0, 0.05) is 38.3 Å². The lowest BCUT2D eigenvalue weighted by molar-refractivity contribution is -0.140. The normalized spacial score (nSPS) is 22.9. The van der Waals surface area contributed by atoms with Crippen LogP contribution in [0.15, 0.2) is 24.5 Å². The minimum atomic E-state index is -4.71. The van der Waals surface area contributed by atoms with Crippen molar-refractivity contribution in [2.45, 2.75) is 71.1 Å². The van der Waals surface area contributed by atoms with Crippen molar-refractivity contribution in [3.8, 4) is 0 Å². The second-order valence-electron chi connectivity index (χ2n) is 10.6. The van der Waals surface area contributed by atoms with Crippen LogP contribution >= 0.6 is 0 Å². The number of aromatic nitrogens is 6. The lowest BCUT2D eigenvalue weighted by Crippen LogP contribution is -2.56. The van der Waals surface area contributed by atoms with Gasteiger partial charge in [-0.05, 0) is 51.3 Å². The molecule has 208 valence electrons. The second-order valence-corrected chi connectivity index (χ2v) is 10.6. The number of hydrogen-bond donors (Lipinski definition) is 0. The van der Waals surface area contributed by atoms with E-state index in [9.17, 15) is 17.6 Å². The fourth-order valence-corrected chi connectivity index (χ4v) is 5.80. The van der Waals surface area contributed by atoms with Crippen LogP contribution in [-0.2, 0) is 24.0 Å². The van der Waals surface area contributed by atoms with Gasteiger partial charge in [-0.2, -0.15) is 18.2 Å². The van der Waals surface area contributed by atoms with Crippen LogP contribution < -0.4 is 4.90 Å². The Labute approximate surface area is 222 Å². The summed E-state index contributed by atoms with van der Waals surface area (Å²) in [7, 11) is 0. The lowest BCUT2D eigenvalue weighted by Gasteiger charge is -2.44. The van der Waals surface area contributed by atoms with Gasteiger partial charge < -0.3 is 14.2 Å². The number of nitrogens with zero attached hydrogens (tertiary/aromatic N) is 8. The van der Waals surface area contributed by atoms with Crippen LogP contribution in [0.1, 0.15) is 43.6 Å². The maximum absolute atomic E-state index is 14.2. The van der Waals surface area contributed by atoms with Gasteiger partial charge >= 0.3 is 6.18 Å². The van der Waals surface area contributed by atoms with Crippen LogP contribution in [0.5, 0.6) is 0 Å². The molecule has 5 heterocycles. The zero-order chi connectivity index (χ0) is 27.5. The first kappa shape index (κ1) is 25.9. The first-order valence-electron chi connectivity index (χ1n) is 13.1. The van der Waals surface area contributed by atoms with Crippen LogP contribution in [0.3, 0.4) is 0 Å². The van der Waals surface area contributed by atoms with Crippen molar-refractivity contribution in [2.75, 3.05) is 24.6 Å². The zero-order valence-corrected chi connectivity index (χ0v) is 22.0. The fourth-order valence-electron chi connectivity index (χ4n) is 5.80. The summed E-state index contributed by atoms with van der Waals surface area (Å²) in [5.41, 5.74) is 0.887. The zero-order valence-electron chi connectivity index (χ0n) is 22.0. The van der Waals surface area contributed by atoms with E-state index in [1.54, 1.807) is 6.33 Å². The largest absolute Gasteiger partial charge is 0.419 e. The number of anilines is 1. The lowest BCUT2D eigenvalue weighted by atomic mass is 10.1. The van der Waals surface area contributed by atoms with Crippen LogP contribution in [0.25, 0.3) is 16.9 Å². The number of benzene rings is 1. The van der Waals surface area contributed by atoms with Gasteiger partial charge in [0.2, 0.25) is 0 Å². The Morgan fingerprint density at radius 3 is 2.64 bits per heavy atom. The summed E-state index contributed by atoms with van der Waals surface area (Å²) < 4.78 is 63.0. The summed E-state index contributed by atoms with van der Waals surface area (Å²) in [4.78, 5) is 14.1. The Kier molecular flexibility index (Phi) is 6.45. The quantitative estimate of drug-likeness (QED) is 0.347. The molecule has 2 aliphatic rings. The molecule has 0 saturated carbocycles. The van der Waals surface area contributed by atoms with Crippen LogP contribution in [0.4, 0.5) is 23.4 Å².